The normalized spacial score (nSPS) is 10.9. The second-order valence-corrected chi connectivity index (χ2v) is 7.71. The molecule has 0 unspecified atom stereocenters. The van der Waals surface area contributed by atoms with Crippen LogP contribution < -0.4 is 14.8 Å². The van der Waals surface area contributed by atoms with E-state index in [1.54, 1.807) is 20.5 Å². The van der Waals surface area contributed by atoms with Crippen molar-refractivity contribution in [3.05, 3.63) is 84.2 Å². The molecule has 0 radical (unpaired) electrons. The smallest absolute Gasteiger partial charge is 0.163 e. The number of rotatable bonds is 12. The number of benzene rings is 3. The van der Waals surface area contributed by atoms with E-state index in [0.29, 0.717) is 43.7 Å². The molecule has 0 aliphatic rings. The van der Waals surface area contributed by atoms with Gasteiger partial charge in [0.25, 0.3) is 0 Å². The number of aromatic nitrogens is 2. The third kappa shape index (κ3) is 6.21. The van der Waals surface area contributed by atoms with Crippen LogP contribution in [0.2, 0.25) is 0 Å². The number of ether oxygens (including phenoxy) is 4. The highest BCUT2D eigenvalue weighted by molar-refractivity contribution is 5.93. The molecule has 0 saturated carbocycles. The number of nitrogens with one attached hydrogen (secondary N) is 1. The molecule has 0 atom stereocenters. The molecule has 1 heterocycles. The van der Waals surface area contributed by atoms with Gasteiger partial charge in [0.05, 0.1) is 18.7 Å². The summed E-state index contributed by atoms with van der Waals surface area (Å²) in [6.45, 7) is 1.77. The molecule has 4 aromatic rings. The molecule has 3 aromatic carbocycles. The van der Waals surface area contributed by atoms with Crippen LogP contribution in [0.15, 0.2) is 73.1 Å². The summed E-state index contributed by atoms with van der Waals surface area (Å²) in [6.07, 6.45) is 2.43. The second-order valence-electron chi connectivity index (χ2n) is 7.71. The first-order valence-corrected chi connectivity index (χ1v) is 11.2. The number of hydrogen-bond donors (Lipinski definition) is 1. The minimum absolute atomic E-state index is 0.405. The van der Waals surface area contributed by atoms with Gasteiger partial charge in [-0.05, 0) is 35.7 Å². The van der Waals surface area contributed by atoms with E-state index in [1.165, 1.54) is 11.1 Å². The van der Waals surface area contributed by atoms with Crippen molar-refractivity contribution < 1.29 is 18.9 Å². The maximum Gasteiger partial charge on any atom is 0.163 e. The van der Waals surface area contributed by atoms with Gasteiger partial charge in [-0.25, -0.2) is 9.97 Å². The van der Waals surface area contributed by atoms with Crippen molar-refractivity contribution >= 4 is 22.4 Å². The van der Waals surface area contributed by atoms with E-state index in [0.717, 1.165) is 23.0 Å². The summed E-state index contributed by atoms with van der Waals surface area (Å²) < 4.78 is 22.0. The van der Waals surface area contributed by atoms with Gasteiger partial charge >= 0.3 is 0 Å². The van der Waals surface area contributed by atoms with Gasteiger partial charge in [-0.1, -0.05) is 42.5 Å². The molecule has 0 saturated heterocycles. The zero-order valence-corrected chi connectivity index (χ0v) is 19.5. The zero-order chi connectivity index (χ0) is 23.6. The Hall–Kier alpha value is -3.68. The Morgan fingerprint density at radius 2 is 1.35 bits per heavy atom. The van der Waals surface area contributed by atoms with Gasteiger partial charge in [0, 0.05) is 31.4 Å². The maximum absolute atomic E-state index is 5.92. The fraction of sp³-hybridized carbons (Fsp3) is 0.259. The molecule has 0 aliphatic carbocycles. The van der Waals surface area contributed by atoms with Crippen LogP contribution in [0, 0.1) is 0 Å². The van der Waals surface area contributed by atoms with Gasteiger partial charge < -0.3 is 24.3 Å². The molecule has 7 heteroatoms. The Balaban J connectivity index is 1.56. The summed E-state index contributed by atoms with van der Waals surface area (Å²) in [6, 6.07) is 22.6. The van der Waals surface area contributed by atoms with E-state index in [1.807, 2.05) is 18.2 Å². The van der Waals surface area contributed by atoms with Crippen molar-refractivity contribution in [1.82, 2.24) is 9.97 Å². The predicted octanol–water partition coefficient (Wildman–Crippen LogP) is 5.01. The Kier molecular flexibility index (Phi) is 8.27. The second kappa shape index (κ2) is 12.0. The lowest BCUT2D eigenvalue weighted by molar-refractivity contribution is 0.132. The minimum atomic E-state index is 0.405. The van der Waals surface area contributed by atoms with E-state index in [4.69, 9.17) is 18.9 Å². The van der Waals surface area contributed by atoms with E-state index in [-0.39, 0.29) is 0 Å². The van der Waals surface area contributed by atoms with Gasteiger partial charge in [-0.3, -0.25) is 0 Å². The molecule has 1 N–H and O–H groups in total. The van der Waals surface area contributed by atoms with Crippen molar-refractivity contribution in [2.75, 3.05) is 46.0 Å². The van der Waals surface area contributed by atoms with Crippen LogP contribution in [-0.2, 0) is 15.9 Å². The number of anilines is 2. The molecule has 1 aromatic heterocycles. The SMILES string of the molecule is COCCOc1cc2ncnc(Nc3ccc(Cc4ccccc4)cc3)c2cc1OCCOC. The summed E-state index contributed by atoms with van der Waals surface area (Å²) in [5.41, 5.74) is 4.23. The third-order valence-electron chi connectivity index (χ3n) is 5.26. The van der Waals surface area contributed by atoms with Crippen molar-refractivity contribution in [3.8, 4) is 11.5 Å². The topological polar surface area (TPSA) is 74.7 Å². The maximum atomic E-state index is 5.92. The molecule has 4 rings (SSSR count). The average molecular weight is 460 g/mol. The summed E-state index contributed by atoms with van der Waals surface area (Å²) in [7, 11) is 3.28. The Morgan fingerprint density at radius 3 is 2.03 bits per heavy atom. The van der Waals surface area contributed by atoms with Crippen LogP contribution in [0.25, 0.3) is 10.9 Å². The third-order valence-corrected chi connectivity index (χ3v) is 5.26. The van der Waals surface area contributed by atoms with Crippen LogP contribution in [-0.4, -0.2) is 50.6 Å². The molecule has 0 amide bonds. The Labute approximate surface area is 199 Å². The lowest BCUT2D eigenvalue weighted by atomic mass is 10.0. The first-order chi connectivity index (χ1) is 16.8. The fourth-order valence-corrected chi connectivity index (χ4v) is 3.53. The van der Waals surface area contributed by atoms with E-state index in [9.17, 15) is 0 Å². The van der Waals surface area contributed by atoms with Crippen LogP contribution >= 0.6 is 0 Å². The highest BCUT2D eigenvalue weighted by Crippen LogP contribution is 2.35. The van der Waals surface area contributed by atoms with Gasteiger partial charge in [0.1, 0.15) is 25.4 Å². The number of fused-ring (bicyclic) bond motifs is 1. The quantitative estimate of drug-likeness (QED) is 0.298. The Bertz CT molecular complexity index is 1180. The Morgan fingerprint density at radius 1 is 0.706 bits per heavy atom. The molecule has 0 fully saturated rings. The summed E-state index contributed by atoms with van der Waals surface area (Å²) in [4.78, 5) is 8.90. The number of nitrogens with zero attached hydrogens (tertiary/aromatic N) is 2. The van der Waals surface area contributed by atoms with E-state index < -0.39 is 0 Å². The first kappa shape index (κ1) is 23.5. The largest absolute Gasteiger partial charge is 0.487 e. The van der Waals surface area contributed by atoms with Crippen molar-refractivity contribution in [3.63, 3.8) is 0 Å². The van der Waals surface area contributed by atoms with E-state index >= 15 is 0 Å². The number of hydrogen-bond acceptors (Lipinski definition) is 7. The lowest BCUT2D eigenvalue weighted by Crippen LogP contribution is -2.09. The summed E-state index contributed by atoms with van der Waals surface area (Å²) in [5, 5.41) is 4.25. The monoisotopic (exact) mass is 459 g/mol. The molecule has 176 valence electrons. The van der Waals surface area contributed by atoms with Gasteiger partial charge in [-0.15, -0.1) is 0 Å². The first-order valence-electron chi connectivity index (χ1n) is 11.2. The molecule has 0 spiro atoms. The standard InChI is InChI=1S/C27H29N3O4/c1-31-12-14-33-25-17-23-24(18-26(25)34-15-13-32-2)28-19-29-27(23)30-22-10-8-21(9-11-22)16-20-6-4-3-5-7-20/h3-11,17-19H,12-16H2,1-2H3,(H,28,29,30). The molecular formula is C27H29N3O4. The minimum Gasteiger partial charge on any atom is -0.487 e. The predicted molar refractivity (Wildman–Crippen MR) is 133 cm³/mol. The average Bonchev–Trinajstić information content (AvgIpc) is 2.86. The van der Waals surface area contributed by atoms with Crippen LogP contribution in [0.3, 0.4) is 0 Å². The highest BCUT2D eigenvalue weighted by Gasteiger charge is 2.13. The lowest BCUT2D eigenvalue weighted by Gasteiger charge is -2.15. The zero-order valence-electron chi connectivity index (χ0n) is 19.5. The number of methoxy groups -OCH3 is 2. The highest BCUT2D eigenvalue weighted by atomic mass is 16.5. The van der Waals surface area contributed by atoms with Gasteiger partial charge in [0.15, 0.2) is 11.5 Å². The van der Waals surface area contributed by atoms with Crippen LogP contribution in [0.1, 0.15) is 11.1 Å². The van der Waals surface area contributed by atoms with Crippen LogP contribution in [0.5, 0.6) is 11.5 Å². The van der Waals surface area contributed by atoms with Crippen LogP contribution in [0.4, 0.5) is 11.5 Å². The van der Waals surface area contributed by atoms with E-state index in [2.05, 4.69) is 63.8 Å². The molecule has 7 nitrogen and oxygen atoms in total. The summed E-state index contributed by atoms with van der Waals surface area (Å²) in [5.74, 6) is 1.91. The van der Waals surface area contributed by atoms with Crippen molar-refractivity contribution in [2.24, 2.45) is 0 Å². The molecule has 0 aliphatic heterocycles. The molecule has 0 bridgehead atoms. The summed E-state index contributed by atoms with van der Waals surface area (Å²) >= 11 is 0. The van der Waals surface area contributed by atoms with Crippen molar-refractivity contribution in [1.29, 1.82) is 0 Å². The van der Waals surface area contributed by atoms with Gasteiger partial charge in [-0.2, -0.15) is 0 Å². The fourth-order valence-electron chi connectivity index (χ4n) is 3.53. The van der Waals surface area contributed by atoms with Crippen molar-refractivity contribution in [2.45, 2.75) is 6.42 Å². The van der Waals surface area contributed by atoms with Gasteiger partial charge in [0.2, 0.25) is 0 Å². The molecular weight excluding hydrogens is 430 g/mol. The molecule has 34 heavy (non-hydrogen) atoms.